The van der Waals surface area contributed by atoms with Crippen LogP contribution < -0.4 is 5.73 Å². The van der Waals surface area contributed by atoms with Gasteiger partial charge in [0.1, 0.15) is 0 Å². The number of nitrogens with zero attached hydrogens (tertiary/aromatic N) is 1. The van der Waals surface area contributed by atoms with Crippen LogP contribution in [0.5, 0.6) is 0 Å². The van der Waals surface area contributed by atoms with Crippen LogP contribution in [0.25, 0.3) is 0 Å². The molecule has 0 aliphatic carbocycles. The third-order valence-corrected chi connectivity index (χ3v) is 5.20. The molecule has 100 valence electrons. The van der Waals surface area contributed by atoms with Crippen molar-refractivity contribution in [1.29, 1.82) is 0 Å². The lowest BCUT2D eigenvalue weighted by Gasteiger charge is -2.29. The first-order valence-electron chi connectivity index (χ1n) is 5.95. The number of hydrogen-bond acceptors (Lipinski definition) is 4. The summed E-state index contributed by atoms with van der Waals surface area (Å²) in [5.41, 5.74) is 6.80. The summed E-state index contributed by atoms with van der Waals surface area (Å²) in [5.74, 6) is 0. The van der Waals surface area contributed by atoms with E-state index in [2.05, 4.69) is 0 Å². The van der Waals surface area contributed by atoms with E-state index >= 15 is 0 Å². The first-order chi connectivity index (χ1) is 8.41. The van der Waals surface area contributed by atoms with Gasteiger partial charge >= 0.3 is 0 Å². The van der Waals surface area contributed by atoms with Crippen molar-refractivity contribution in [3.63, 3.8) is 0 Å². The number of sulfonamides is 1. The van der Waals surface area contributed by atoms with Crippen LogP contribution in [0, 0.1) is 6.92 Å². The Morgan fingerprint density at radius 1 is 1.44 bits per heavy atom. The number of nitrogen functional groups attached to an aromatic ring is 1. The van der Waals surface area contributed by atoms with Gasteiger partial charge in [0.15, 0.2) is 0 Å². The van der Waals surface area contributed by atoms with Crippen LogP contribution in [0.1, 0.15) is 18.4 Å². The number of benzene rings is 1. The summed E-state index contributed by atoms with van der Waals surface area (Å²) in [4.78, 5) is 0.269. The summed E-state index contributed by atoms with van der Waals surface area (Å²) in [6, 6.07) is 4.76. The van der Waals surface area contributed by atoms with E-state index in [0.29, 0.717) is 30.6 Å². The first kappa shape index (κ1) is 13.3. The Hall–Kier alpha value is -1.11. The molecular weight excluding hydrogens is 252 g/mol. The third kappa shape index (κ3) is 2.50. The molecule has 1 fully saturated rings. The van der Waals surface area contributed by atoms with Gasteiger partial charge in [0, 0.05) is 18.8 Å². The van der Waals surface area contributed by atoms with Crippen molar-refractivity contribution in [1.82, 2.24) is 4.31 Å². The minimum atomic E-state index is -3.52. The number of aliphatic hydroxyl groups excluding tert-OH is 1. The minimum absolute atomic E-state index is 0.173. The van der Waals surface area contributed by atoms with Crippen molar-refractivity contribution in [2.45, 2.75) is 30.8 Å². The third-order valence-electron chi connectivity index (χ3n) is 3.18. The van der Waals surface area contributed by atoms with Gasteiger partial charge in [0.2, 0.25) is 10.0 Å². The average molecular weight is 270 g/mol. The van der Waals surface area contributed by atoms with Gasteiger partial charge in [0.25, 0.3) is 0 Å². The van der Waals surface area contributed by atoms with E-state index in [-0.39, 0.29) is 11.4 Å². The van der Waals surface area contributed by atoms with Crippen molar-refractivity contribution in [2.75, 3.05) is 18.8 Å². The summed E-state index contributed by atoms with van der Waals surface area (Å²) in [6.45, 7) is 2.36. The molecular formula is C12H18N2O3S. The summed E-state index contributed by atoms with van der Waals surface area (Å²) in [5, 5.41) is 9.58. The van der Waals surface area contributed by atoms with Gasteiger partial charge in [-0.2, -0.15) is 4.31 Å². The zero-order valence-corrected chi connectivity index (χ0v) is 11.2. The van der Waals surface area contributed by atoms with Crippen molar-refractivity contribution < 1.29 is 13.5 Å². The Kier molecular flexibility index (Phi) is 3.61. The highest BCUT2D eigenvalue weighted by molar-refractivity contribution is 7.89. The molecule has 1 unspecified atom stereocenters. The van der Waals surface area contributed by atoms with Crippen LogP contribution in [-0.4, -0.2) is 37.0 Å². The molecule has 0 radical (unpaired) electrons. The van der Waals surface area contributed by atoms with Crippen LogP contribution in [-0.2, 0) is 10.0 Å². The molecule has 1 aliphatic heterocycles. The van der Waals surface area contributed by atoms with E-state index in [4.69, 9.17) is 5.73 Å². The molecule has 0 bridgehead atoms. The second kappa shape index (κ2) is 4.87. The smallest absolute Gasteiger partial charge is 0.243 e. The normalized spacial score (nSPS) is 22.0. The molecule has 18 heavy (non-hydrogen) atoms. The van der Waals surface area contributed by atoms with Crippen LogP contribution in [0.15, 0.2) is 23.1 Å². The molecule has 1 saturated heterocycles. The van der Waals surface area contributed by atoms with E-state index in [9.17, 15) is 13.5 Å². The van der Waals surface area contributed by atoms with Crippen molar-refractivity contribution in [3.8, 4) is 0 Å². The monoisotopic (exact) mass is 270 g/mol. The fourth-order valence-electron chi connectivity index (χ4n) is 2.24. The number of nitrogens with two attached hydrogens (primary N) is 1. The van der Waals surface area contributed by atoms with Gasteiger partial charge in [-0.25, -0.2) is 8.42 Å². The topological polar surface area (TPSA) is 83.6 Å². The van der Waals surface area contributed by atoms with E-state index in [1.165, 1.54) is 10.4 Å². The Morgan fingerprint density at radius 3 is 2.78 bits per heavy atom. The maximum Gasteiger partial charge on any atom is 0.243 e. The first-order valence-corrected chi connectivity index (χ1v) is 7.39. The lowest BCUT2D eigenvalue weighted by atomic mass is 10.1. The fraction of sp³-hybridized carbons (Fsp3) is 0.500. The van der Waals surface area contributed by atoms with Crippen molar-refractivity contribution >= 4 is 15.7 Å². The van der Waals surface area contributed by atoms with Gasteiger partial charge in [0.05, 0.1) is 11.0 Å². The maximum absolute atomic E-state index is 12.4. The Bertz CT molecular complexity index is 542. The molecule has 3 N–H and O–H groups in total. The molecule has 1 aromatic rings. The molecule has 1 atom stereocenters. The number of aryl methyl sites for hydroxylation is 1. The van der Waals surface area contributed by atoms with Gasteiger partial charge in [-0.3, -0.25) is 0 Å². The zero-order chi connectivity index (χ0) is 13.3. The van der Waals surface area contributed by atoms with E-state index in [0.717, 1.165) is 0 Å². The van der Waals surface area contributed by atoms with E-state index in [1.807, 2.05) is 0 Å². The molecule has 6 heteroatoms. The number of aliphatic hydroxyl groups is 1. The highest BCUT2D eigenvalue weighted by Crippen LogP contribution is 2.24. The summed E-state index contributed by atoms with van der Waals surface area (Å²) < 4.78 is 26.2. The number of piperidine rings is 1. The minimum Gasteiger partial charge on any atom is -0.399 e. The summed E-state index contributed by atoms with van der Waals surface area (Å²) in [6.07, 6.45) is 0.781. The second-order valence-corrected chi connectivity index (χ2v) is 6.59. The molecule has 1 aromatic carbocycles. The van der Waals surface area contributed by atoms with Crippen LogP contribution >= 0.6 is 0 Å². The number of hydrogen-bond donors (Lipinski definition) is 2. The molecule has 5 nitrogen and oxygen atoms in total. The molecule has 2 rings (SSSR count). The number of β-amino-alcohol motifs (C(OH)–C–C–N with tert-alkyl or cyclic N) is 1. The predicted octanol–water partition coefficient (Wildman–Crippen LogP) is 0.723. The lowest BCUT2D eigenvalue weighted by Crippen LogP contribution is -2.42. The largest absolute Gasteiger partial charge is 0.399 e. The fourth-order valence-corrected chi connectivity index (χ4v) is 3.96. The van der Waals surface area contributed by atoms with Gasteiger partial charge in [-0.15, -0.1) is 0 Å². The Balaban J connectivity index is 2.35. The Morgan fingerprint density at radius 2 is 2.17 bits per heavy atom. The highest BCUT2D eigenvalue weighted by Gasteiger charge is 2.30. The molecule has 0 aromatic heterocycles. The lowest BCUT2D eigenvalue weighted by molar-refractivity contribution is 0.108. The van der Waals surface area contributed by atoms with Crippen LogP contribution in [0.4, 0.5) is 5.69 Å². The van der Waals surface area contributed by atoms with Crippen molar-refractivity contribution in [2.24, 2.45) is 0 Å². The van der Waals surface area contributed by atoms with Gasteiger partial charge in [-0.05, 0) is 43.5 Å². The molecule has 0 amide bonds. The number of anilines is 1. The predicted molar refractivity (Wildman–Crippen MR) is 69.6 cm³/mol. The van der Waals surface area contributed by atoms with Crippen LogP contribution in [0.3, 0.4) is 0 Å². The highest BCUT2D eigenvalue weighted by atomic mass is 32.2. The molecule has 1 heterocycles. The zero-order valence-electron chi connectivity index (χ0n) is 10.3. The van der Waals surface area contributed by atoms with E-state index in [1.54, 1.807) is 19.1 Å². The summed E-state index contributed by atoms with van der Waals surface area (Å²) >= 11 is 0. The second-order valence-electron chi connectivity index (χ2n) is 4.68. The number of rotatable bonds is 2. The van der Waals surface area contributed by atoms with Crippen LogP contribution in [0.2, 0.25) is 0 Å². The van der Waals surface area contributed by atoms with Crippen molar-refractivity contribution in [3.05, 3.63) is 23.8 Å². The Labute approximate surface area is 107 Å². The maximum atomic E-state index is 12.4. The van der Waals surface area contributed by atoms with E-state index < -0.39 is 16.1 Å². The molecule has 0 saturated carbocycles. The molecule has 1 aliphatic rings. The average Bonchev–Trinajstić information content (AvgIpc) is 2.28. The standard InChI is InChI=1S/C12H18N2O3S/c1-9-7-10(13)4-5-12(9)18(16,17)14-6-2-3-11(15)8-14/h4-5,7,11,15H,2-3,6,8,13H2,1H3. The van der Waals surface area contributed by atoms with Gasteiger partial charge in [-0.1, -0.05) is 0 Å². The molecule has 0 spiro atoms. The quantitative estimate of drug-likeness (QED) is 0.776. The summed E-state index contributed by atoms with van der Waals surface area (Å²) in [7, 11) is -3.52. The SMILES string of the molecule is Cc1cc(N)ccc1S(=O)(=O)N1CCCC(O)C1. The van der Waals surface area contributed by atoms with Gasteiger partial charge < -0.3 is 10.8 Å².